The lowest BCUT2D eigenvalue weighted by molar-refractivity contribution is -0.0647. The zero-order valence-electron chi connectivity index (χ0n) is 35.7. The van der Waals surface area contributed by atoms with Gasteiger partial charge < -0.3 is 43.8 Å². The first-order valence-electron chi connectivity index (χ1n) is 21.3. The Hall–Kier alpha value is -5.40. The molecular formula is C50H48Cl4N4O7. The van der Waals surface area contributed by atoms with Crippen LogP contribution in [0.4, 0.5) is 9.59 Å². The first-order chi connectivity index (χ1) is 31.5. The van der Waals surface area contributed by atoms with E-state index in [4.69, 9.17) is 69.8 Å². The molecule has 2 fully saturated rings. The summed E-state index contributed by atoms with van der Waals surface area (Å²) < 4.78 is 29.9. The summed E-state index contributed by atoms with van der Waals surface area (Å²) in [7, 11) is 0. The first kappa shape index (κ1) is 46.1. The van der Waals surface area contributed by atoms with E-state index in [-0.39, 0.29) is 42.6 Å². The summed E-state index contributed by atoms with van der Waals surface area (Å²) in [6.45, 7) is 7.01. The van der Waals surface area contributed by atoms with Crippen LogP contribution >= 0.6 is 46.4 Å². The van der Waals surface area contributed by atoms with Crippen molar-refractivity contribution in [3.05, 3.63) is 187 Å². The summed E-state index contributed by atoms with van der Waals surface area (Å²) >= 11 is 25.0. The number of halogens is 4. The van der Waals surface area contributed by atoms with Crippen molar-refractivity contribution in [2.45, 2.75) is 50.9 Å². The minimum Gasteiger partial charge on any atom is -0.486 e. The van der Waals surface area contributed by atoms with Crippen molar-refractivity contribution in [1.29, 1.82) is 0 Å². The second-order valence-electron chi connectivity index (χ2n) is 16.0. The molecule has 3 aliphatic rings. The van der Waals surface area contributed by atoms with E-state index in [1.807, 2.05) is 141 Å². The van der Waals surface area contributed by atoms with Crippen molar-refractivity contribution in [2.75, 3.05) is 39.3 Å². The third-order valence-corrected chi connectivity index (χ3v) is 12.5. The number of aryl methyl sites for hydroxylation is 2. The zero-order valence-corrected chi connectivity index (χ0v) is 38.7. The van der Waals surface area contributed by atoms with Gasteiger partial charge in [-0.3, -0.25) is 0 Å². The number of para-hydroxylation sites is 2. The van der Waals surface area contributed by atoms with Gasteiger partial charge in [-0.25, -0.2) is 9.59 Å². The molecule has 0 aliphatic carbocycles. The van der Waals surface area contributed by atoms with Gasteiger partial charge in [0.15, 0.2) is 17.6 Å². The van der Waals surface area contributed by atoms with E-state index < -0.39 is 0 Å². The van der Waals surface area contributed by atoms with Gasteiger partial charge in [0, 0.05) is 43.3 Å². The summed E-state index contributed by atoms with van der Waals surface area (Å²) in [6, 6.07) is 39.5. The summed E-state index contributed by atoms with van der Waals surface area (Å²) in [5.41, 5.74) is 4.67. The lowest BCUT2D eigenvalue weighted by Gasteiger charge is -2.41. The number of benzene rings is 5. The standard InChI is InChI=1S/C26H24Cl2N2O4.C24H24Cl2N2O3/c27-18-11-9-17(10-12-18)25(21-5-1-2-6-22(21)28)34-20-14-30(15-20)26(31)29-13-19-16-32-23-7-3-4-8-24(23)33-19;1-15-11-18(16(2)30-15)12-27-24(29)28-13-20(14-28)31-23(17-7-9-19(25)10-8-17)21-5-3-4-6-22(21)26/h1-12,19-20,25H,13-16H2,(H,29,31);3-11,20,23H,12-14H2,1-2H3,(H,27,29). The smallest absolute Gasteiger partial charge is 0.317 e. The highest BCUT2D eigenvalue weighted by molar-refractivity contribution is 6.32. The van der Waals surface area contributed by atoms with E-state index in [0.717, 1.165) is 45.1 Å². The van der Waals surface area contributed by atoms with Gasteiger partial charge in [-0.1, -0.05) is 119 Å². The molecule has 9 rings (SSSR count). The van der Waals surface area contributed by atoms with E-state index in [0.29, 0.717) is 71.7 Å². The van der Waals surface area contributed by atoms with Crippen molar-refractivity contribution in [2.24, 2.45) is 0 Å². The van der Waals surface area contributed by atoms with Crippen molar-refractivity contribution in [3.63, 3.8) is 0 Å². The zero-order chi connectivity index (χ0) is 45.5. The summed E-state index contributed by atoms with van der Waals surface area (Å²) in [6.07, 6.45) is -1.11. The molecule has 3 unspecified atom stereocenters. The Labute approximate surface area is 398 Å². The van der Waals surface area contributed by atoms with Crippen LogP contribution in [0.15, 0.2) is 132 Å². The minimum absolute atomic E-state index is 0.0828. The number of carbonyl (C=O) groups excluding carboxylic acids is 2. The minimum atomic E-state index is -0.353. The van der Waals surface area contributed by atoms with Gasteiger partial charge in [0.1, 0.15) is 30.3 Å². The third-order valence-electron chi connectivity index (χ3n) is 11.3. The number of nitrogens with zero attached hydrogens (tertiary/aromatic N) is 2. The highest BCUT2D eigenvalue weighted by atomic mass is 35.5. The number of likely N-dealkylation sites (tertiary alicyclic amines) is 2. The molecule has 338 valence electrons. The van der Waals surface area contributed by atoms with Crippen LogP contribution in [0, 0.1) is 13.8 Å². The second-order valence-corrected chi connectivity index (χ2v) is 17.7. The molecule has 2 saturated heterocycles. The number of nitrogens with one attached hydrogen (secondary N) is 2. The van der Waals surface area contributed by atoms with Crippen LogP contribution < -0.4 is 20.1 Å². The van der Waals surface area contributed by atoms with Gasteiger partial charge in [0.2, 0.25) is 0 Å². The number of hydrogen-bond donors (Lipinski definition) is 2. The molecule has 5 aromatic carbocycles. The number of amides is 4. The monoisotopic (exact) mass is 956 g/mol. The van der Waals surface area contributed by atoms with Gasteiger partial charge >= 0.3 is 12.1 Å². The van der Waals surface area contributed by atoms with Crippen LogP contribution in [-0.2, 0) is 16.0 Å². The predicted octanol–water partition coefficient (Wildman–Crippen LogP) is 11.2. The number of hydrogen-bond acceptors (Lipinski definition) is 7. The molecule has 65 heavy (non-hydrogen) atoms. The van der Waals surface area contributed by atoms with Crippen LogP contribution in [-0.4, -0.2) is 79.5 Å². The highest BCUT2D eigenvalue weighted by Crippen LogP contribution is 2.36. The third kappa shape index (κ3) is 11.7. The van der Waals surface area contributed by atoms with Gasteiger partial charge in [-0.05, 0) is 79.6 Å². The van der Waals surface area contributed by atoms with Crippen LogP contribution in [0.5, 0.6) is 11.5 Å². The average molecular weight is 959 g/mol. The molecule has 4 heterocycles. The molecule has 6 aromatic rings. The fourth-order valence-electron chi connectivity index (χ4n) is 7.70. The average Bonchev–Trinajstić information content (AvgIpc) is 3.61. The van der Waals surface area contributed by atoms with Crippen LogP contribution in [0.1, 0.15) is 51.5 Å². The normalized spacial score (nSPS) is 16.6. The summed E-state index contributed by atoms with van der Waals surface area (Å²) in [5.74, 6) is 3.08. The topological polar surface area (TPSA) is 115 Å². The fraction of sp³-hybridized carbons (Fsp3) is 0.280. The molecule has 15 heteroatoms. The number of rotatable bonds is 12. The summed E-state index contributed by atoms with van der Waals surface area (Å²) in [5, 5.41) is 8.46. The van der Waals surface area contributed by atoms with Gasteiger partial charge in [-0.2, -0.15) is 0 Å². The second kappa shape index (κ2) is 21.3. The van der Waals surface area contributed by atoms with E-state index >= 15 is 0 Å². The molecule has 0 spiro atoms. The number of carbonyl (C=O) groups is 2. The fourth-order valence-corrected chi connectivity index (χ4v) is 8.42. The lowest BCUT2D eigenvalue weighted by Crippen LogP contribution is -2.59. The van der Waals surface area contributed by atoms with E-state index in [2.05, 4.69) is 10.6 Å². The molecule has 1 aromatic heterocycles. The van der Waals surface area contributed by atoms with Crippen LogP contribution in [0.2, 0.25) is 20.1 Å². The molecule has 3 aliphatic heterocycles. The van der Waals surface area contributed by atoms with Crippen molar-refractivity contribution in [3.8, 4) is 11.5 Å². The molecule has 0 saturated carbocycles. The molecule has 11 nitrogen and oxygen atoms in total. The largest absolute Gasteiger partial charge is 0.486 e. The number of ether oxygens (including phenoxy) is 4. The summed E-state index contributed by atoms with van der Waals surface area (Å²) in [4.78, 5) is 28.5. The maximum absolute atomic E-state index is 12.6. The van der Waals surface area contributed by atoms with Crippen LogP contribution in [0.3, 0.4) is 0 Å². The number of furan rings is 1. The molecule has 2 N–H and O–H groups in total. The van der Waals surface area contributed by atoms with E-state index in [1.54, 1.807) is 9.80 Å². The Balaban J connectivity index is 0.000000178. The number of urea groups is 2. The molecule has 0 radical (unpaired) electrons. The quantitative estimate of drug-likeness (QED) is 0.126. The molecule has 4 amide bonds. The Morgan fingerprint density at radius 2 is 1.12 bits per heavy atom. The van der Waals surface area contributed by atoms with E-state index in [1.165, 1.54) is 0 Å². The Kier molecular flexibility index (Phi) is 15.1. The van der Waals surface area contributed by atoms with Gasteiger partial charge in [0.05, 0.1) is 44.9 Å². The molecule has 3 atom stereocenters. The SMILES string of the molecule is Cc1cc(CNC(=O)N2CC(OC(c3ccc(Cl)cc3)c3ccccc3Cl)C2)c(C)o1.O=C(NCC1COc2ccccc2O1)N1CC(OC(c2ccc(Cl)cc2)c2ccccc2Cl)C1. The Morgan fingerprint density at radius 3 is 1.62 bits per heavy atom. The Morgan fingerprint density at radius 1 is 0.646 bits per heavy atom. The van der Waals surface area contributed by atoms with Crippen molar-refractivity contribution >= 4 is 58.5 Å². The highest BCUT2D eigenvalue weighted by Gasteiger charge is 2.36. The van der Waals surface area contributed by atoms with Crippen molar-refractivity contribution < 1.29 is 33.0 Å². The van der Waals surface area contributed by atoms with E-state index in [9.17, 15) is 9.59 Å². The maximum Gasteiger partial charge on any atom is 0.317 e. The first-order valence-corrected chi connectivity index (χ1v) is 22.8. The van der Waals surface area contributed by atoms with Crippen molar-refractivity contribution in [1.82, 2.24) is 20.4 Å². The predicted molar refractivity (Wildman–Crippen MR) is 253 cm³/mol. The van der Waals surface area contributed by atoms with Gasteiger partial charge in [-0.15, -0.1) is 0 Å². The Bertz CT molecular complexity index is 2560. The molecular weight excluding hydrogens is 910 g/mol. The maximum atomic E-state index is 12.6. The lowest BCUT2D eigenvalue weighted by atomic mass is 10.0. The van der Waals surface area contributed by atoms with Gasteiger partial charge in [0.25, 0.3) is 0 Å². The van der Waals surface area contributed by atoms with Crippen LogP contribution in [0.25, 0.3) is 0 Å². The molecule has 0 bridgehead atoms. The number of fused-ring (bicyclic) bond motifs is 1.